The lowest BCUT2D eigenvalue weighted by atomic mass is 10.1. The first-order valence-corrected chi connectivity index (χ1v) is 11.3. The van der Waals surface area contributed by atoms with Crippen LogP contribution in [-0.4, -0.2) is 49.0 Å². The highest BCUT2D eigenvalue weighted by molar-refractivity contribution is 7.85. The van der Waals surface area contributed by atoms with Crippen molar-refractivity contribution < 1.29 is 39.2 Å². The molecule has 0 aliphatic heterocycles. The van der Waals surface area contributed by atoms with E-state index in [0.717, 1.165) is 16.8 Å². The van der Waals surface area contributed by atoms with Crippen LogP contribution in [0, 0.1) is 20.2 Å². The molecule has 0 bridgehead atoms. The second-order valence-corrected chi connectivity index (χ2v) is 8.64. The number of rotatable bonds is 7. The molecule has 1 aromatic heterocycles. The number of nitrogens with one attached hydrogen (secondary N) is 1. The minimum atomic E-state index is -4.40. The molecule has 0 atom stereocenters. The fraction of sp³-hybridized carbons (Fsp3) is 0. The molecule has 3 aromatic carbocycles. The average Bonchev–Trinajstić information content (AvgIpc) is 3.18. The van der Waals surface area contributed by atoms with Gasteiger partial charge >= 0.3 is 0 Å². The molecule has 0 spiro atoms. The summed E-state index contributed by atoms with van der Waals surface area (Å²) in [5, 5.41) is 32.7. The Labute approximate surface area is 217 Å². The van der Waals surface area contributed by atoms with E-state index in [9.17, 15) is 33.4 Å². The topological polar surface area (TPSA) is 298 Å². The highest BCUT2D eigenvalue weighted by atomic mass is 32.2. The van der Waals surface area contributed by atoms with E-state index in [1.54, 1.807) is 0 Å². The van der Waals surface area contributed by atoms with E-state index < -0.39 is 25.5 Å². The van der Waals surface area contributed by atoms with E-state index in [1.807, 2.05) is 0 Å². The molecule has 4 aromatic rings. The number of aromatic amines is 1. The number of non-ortho nitro benzene ring substituents is 2. The van der Waals surface area contributed by atoms with Gasteiger partial charge in [0.1, 0.15) is 0 Å². The fourth-order valence-corrected chi connectivity index (χ4v) is 3.65. The van der Waals surface area contributed by atoms with Crippen molar-refractivity contribution in [2.75, 3.05) is 0 Å². The number of hydrogen-bond acceptors (Lipinski definition) is 9. The summed E-state index contributed by atoms with van der Waals surface area (Å²) in [5.41, 5.74) is -0.246. The lowest BCUT2D eigenvalue weighted by Gasteiger charge is -2.02. The number of aromatic nitrogens is 2. The van der Waals surface area contributed by atoms with Crippen LogP contribution in [0.4, 0.5) is 22.7 Å². The van der Waals surface area contributed by atoms with Gasteiger partial charge in [-0.25, -0.2) is 4.68 Å². The number of nitrogens with zero attached hydrogens (tertiary/aromatic N) is 5. The molecule has 0 unspecified atom stereocenters. The van der Waals surface area contributed by atoms with Crippen molar-refractivity contribution in [1.29, 1.82) is 0 Å². The molecular formula is C21H20N6O11S. The summed E-state index contributed by atoms with van der Waals surface area (Å²) in [6.45, 7) is 0. The number of H-pyrrole nitrogens is 1. The molecular weight excluding hydrogens is 544 g/mol. The van der Waals surface area contributed by atoms with E-state index >= 15 is 0 Å². The third-order valence-electron chi connectivity index (χ3n) is 4.95. The van der Waals surface area contributed by atoms with Crippen LogP contribution in [0.1, 0.15) is 0 Å². The Morgan fingerprint density at radius 2 is 1.26 bits per heavy atom. The van der Waals surface area contributed by atoms with Crippen LogP contribution in [0.15, 0.2) is 92.7 Å². The Balaban J connectivity index is 0.00000253. The third kappa shape index (κ3) is 6.80. The molecule has 0 aliphatic carbocycles. The van der Waals surface area contributed by atoms with Crippen molar-refractivity contribution in [3.63, 3.8) is 0 Å². The van der Waals surface area contributed by atoms with Gasteiger partial charge in [-0.15, -0.1) is 5.11 Å². The van der Waals surface area contributed by atoms with Crippen LogP contribution in [0.3, 0.4) is 0 Å². The van der Waals surface area contributed by atoms with Gasteiger partial charge in [0.15, 0.2) is 5.69 Å². The maximum atomic E-state index is 13.2. The zero-order valence-electron chi connectivity index (χ0n) is 19.4. The Kier molecular flexibility index (Phi) is 10.1. The van der Waals surface area contributed by atoms with Gasteiger partial charge in [-0.2, -0.15) is 13.5 Å². The Morgan fingerprint density at radius 1 is 0.769 bits per heavy atom. The lowest BCUT2D eigenvalue weighted by molar-refractivity contribution is -0.385. The largest absolute Gasteiger partial charge is 0.412 e. The van der Waals surface area contributed by atoms with Gasteiger partial charge in [0, 0.05) is 29.8 Å². The van der Waals surface area contributed by atoms with Crippen LogP contribution >= 0.6 is 0 Å². The number of nitro benzene ring substituents is 2. The van der Waals surface area contributed by atoms with E-state index in [-0.39, 0.29) is 55.5 Å². The summed E-state index contributed by atoms with van der Waals surface area (Å²) in [7, 11) is -4.40. The van der Waals surface area contributed by atoms with Gasteiger partial charge in [0.25, 0.3) is 27.1 Å². The van der Waals surface area contributed by atoms with Gasteiger partial charge in [-0.1, -0.05) is 0 Å². The monoisotopic (exact) mass is 564 g/mol. The van der Waals surface area contributed by atoms with Gasteiger partial charge < -0.3 is 16.4 Å². The van der Waals surface area contributed by atoms with Crippen molar-refractivity contribution in [1.82, 2.24) is 9.78 Å². The highest BCUT2D eigenvalue weighted by Crippen LogP contribution is 2.30. The molecule has 0 saturated carbocycles. The average molecular weight is 564 g/mol. The number of hydrogen-bond donors (Lipinski definition) is 2. The standard InChI is InChI=1S/C21H14N6O8S.3H2O/c28-21-20(23-22-14-3-11-18(12-4-14)36(33,34)35)19(13-1-5-16(6-2-13)26(29)30)24-25(21)15-7-9-17(10-8-15)27(31)32;;;/h1-12,24H,(H,33,34,35);3*1H2. The van der Waals surface area contributed by atoms with Crippen LogP contribution in [0.5, 0.6) is 0 Å². The summed E-state index contributed by atoms with van der Waals surface area (Å²) in [4.78, 5) is 33.6. The van der Waals surface area contributed by atoms with Crippen LogP contribution in [0.25, 0.3) is 16.9 Å². The van der Waals surface area contributed by atoms with Crippen LogP contribution < -0.4 is 5.56 Å². The van der Waals surface area contributed by atoms with Gasteiger partial charge in [-0.05, 0) is 48.5 Å². The zero-order valence-corrected chi connectivity index (χ0v) is 20.2. The maximum Gasteiger partial charge on any atom is 0.299 e. The molecule has 39 heavy (non-hydrogen) atoms. The quantitative estimate of drug-likeness (QED) is 0.144. The van der Waals surface area contributed by atoms with Gasteiger partial charge in [0.05, 0.1) is 31.8 Å². The molecule has 206 valence electrons. The number of benzene rings is 3. The fourth-order valence-electron chi connectivity index (χ4n) is 3.17. The first-order valence-electron chi connectivity index (χ1n) is 9.88. The molecule has 0 saturated heterocycles. The van der Waals surface area contributed by atoms with E-state index in [1.165, 1.54) is 60.7 Å². The second-order valence-electron chi connectivity index (χ2n) is 7.22. The Hall–Kier alpha value is -5.14. The minimum Gasteiger partial charge on any atom is -0.412 e. The summed E-state index contributed by atoms with van der Waals surface area (Å²) < 4.78 is 32.6. The molecule has 0 radical (unpaired) electrons. The summed E-state index contributed by atoms with van der Waals surface area (Å²) in [6.07, 6.45) is 0. The van der Waals surface area contributed by atoms with Crippen LogP contribution in [-0.2, 0) is 10.1 Å². The first kappa shape index (κ1) is 31.9. The molecule has 4 rings (SSSR count). The zero-order chi connectivity index (χ0) is 26.0. The Morgan fingerprint density at radius 3 is 1.72 bits per heavy atom. The third-order valence-corrected chi connectivity index (χ3v) is 5.82. The molecule has 0 amide bonds. The predicted molar refractivity (Wildman–Crippen MR) is 136 cm³/mol. The molecule has 17 nitrogen and oxygen atoms in total. The number of nitro groups is 2. The Bertz CT molecular complexity index is 1660. The summed E-state index contributed by atoms with van der Waals surface area (Å²) in [5.74, 6) is 0. The summed E-state index contributed by atoms with van der Waals surface area (Å²) in [6, 6.07) is 15.2. The molecule has 0 aliphatic rings. The first-order chi connectivity index (χ1) is 17.0. The predicted octanol–water partition coefficient (Wildman–Crippen LogP) is 1.84. The normalized spacial score (nSPS) is 10.7. The van der Waals surface area contributed by atoms with Gasteiger partial charge in [-0.3, -0.25) is 34.7 Å². The smallest absolute Gasteiger partial charge is 0.299 e. The SMILES string of the molecule is O.O.O.O=c1c(N=Nc2ccc(S(=O)(=O)O)cc2)c(-c2ccc([N+](=O)[O-])cc2)[nH]n1-c1ccc([N+](=O)[O-])cc1. The second kappa shape index (κ2) is 12.4. The van der Waals surface area contributed by atoms with Crippen molar-refractivity contribution in [3.05, 3.63) is 103 Å². The molecule has 1 heterocycles. The van der Waals surface area contributed by atoms with E-state index in [0.29, 0.717) is 5.56 Å². The van der Waals surface area contributed by atoms with Crippen LogP contribution in [0.2, 0.25) is 0 Å². The van der Waals surface area contributed by atoms with Crippen molar-refractivity contribution in [2.45, 2.75) is 4.90 Å². The maximum absolute atomic E-state index is 13.2. The van der Waals surface area contributed by atoms with Crippen molar-refractivity contribution in [2.24, 2.45) is 10.2 Å². The number of azo groups is 1. The lowest BCUT2D eigenvalue weighted by Crippen LogP contribution is -2.13. The highest BCUT2D eigenvalue weighted by Gasteiger charge is 2.19. The summed E-state index contributed by atoms with van der Waals surface area (Å²) >= 11 is 0. The molecule has 8 N–H and O–H groups in total. The molecule has 0 fully saturated rings. The van der Waals surface area contributed by atoms with Crippen molar-refractivity contribution >= 4 is 32.9 Å². The van der Waals surface area contributed by atoms with Gasteiger partial charge in [0.2, 0.25) is 0 Å². The van der Waals surface area contributed by atoms with E-state index in [4.69, 9.17) is 4.55 Å². The van der Waals surface area contributed by atoms with Crippen molar-refractivity contribution in [3.8, 4) is 16.9 Å². The molecule has 18 heteroatoms. The minimum absolute atomic E-state index is 0. The van der Waals surface area contributed by atoms with E-state index in [2.05, 4.69) is 15.3 Å².